The van der Waals surface area contributed by atoms with E-state index in [1.165, 1.54) is 13.2 Å². The van der Waals surface area contributed by atoms with Gasteiger partial charge in [0.2, 0.25) is 5.82 Å². The molecule has 1 heterocycles. The highest BCUT2D eigenvalue weighted by Gasteiger charge is 2.34. The molecule has 1 aromatic heterocycles. The van der Waals surface area contributed by atoms with Crippen molar-refractivity contribution in [3.8, 4) is 17.0 Å². The van der Waals surface area contributed by atoms with Gasteiger partial charge in [-0.25, -0.2) is 4.39 Å². The van der Waals surface area contributed by atoms with E-state index in [9.17, 15) is 8.78 Å². The number of rotatable bonds is 3. The summed E-state index contributed by atoms with van der Waals surface area (Å²) in [6, 6.07) is 6.47. The van der Waals surface area contributed by atoms with Crippen LogP contribution in [0.15, 0.2) is 30.5 Å². The van der Waals surface area contributed by atoms with Crippen molar-refractivity contribution < 1.29 is 13.5 Å². The first-order valence-corrected chi connectivity index (χ1v) is 6.35. The molecule has 0 bridgehead atoms. The third-order valence-electron chi connectivity index (χ3n) is 3.56. The fourth-order valence-corrected chi connectivity index (χ4v) is 2.25. The fourth-order valence-electron chi connectivity index (χ4n) is 2.25. The molecule has 1 aromatic carbocycles. The molecule has 3 rings (SSSR count). The maximum Gasteiger partial charge on any atom is 0.200 e. The highest BCUT2D eigenvalue weighted by molar-refractivity contribution is 5.62. The number of methoxy groups -OCH3 is 1. The molecule has 1 fully saturated rings. The maximum atomic E-state index is 13.5. The van der Waals surface area contributed by atoms with E-state index in [1.54, 1.807) is 12.3 Å². The molecule has 2 atom stereocenters. The van der Waals surface area contributed by atoms with E-state index >= 15 is 0 Å². The second kappa shape index (κ2) is 4.83. The van der Waals surface area contributed by atoms with Crippen LogP contribution in [0.3, 0.4) is 0 Å². The van der Waals surface area contributed by atoms with Gasteiger partial charge in [-0.15, -0.1) is 0 Å². The zero-order valence-electron chi connectivity index (χ0n) is 10.9. The van der Waals surface area contributed by atoms with Crippen LogP contribution in [0.4, 0.5) is 8.78 Å². The number of nitrogens with two attached hydrogens (primary N) is 1. The summed E-state index contributed by atoms with van der Waals surface area (Å²) >= 11 is 0. The minimum atomic E-state index is -0.989. The lowest BCUT2D eigenvalue weighted by atomic mass is 10.1. The number of pyridine rings is 1. The quantitative estimate of drug-likeness (QED) is 0.937. The second-order valence-corrected chi connectivity index (χ2v) is 4.96. The van der Waals surface area contributed by atoms with Crippen LogP contribution in [-0.4, -0.2) is 18.1 Å². The zero-order valence-corrected chi connectivity index (χ0v) is 10.9. The van der Waals surface area contributed by atoms with Crippen molar-refractivity contribution in [3.05, 3.63) is 47.7 Å². The normalized spacial score (nSPS) is 20.8. The third-order valence-corrected chi connectivity index (χ3v) is 3.56. The third kappa shape index (κ3) is 2.25. The Hall–Kier alpha value is -2.01. The van der Waals surface area contributed by atoms with Crippen molar-refractivity contribution in [3.63, 3.8) is 0 Å². The summed E-state index contributed by atoms with van der Waals surface area (Å²) in [4.78, 5) is 4.29. The Morgan fingerprint density at radius 1 is 1.30 bits per heavy atom. The lowest BCUT2D eigenvalue weighted by molar-refractivity contribution is 0.372. The molecule has 104 valence electrons. The van der Waals surface area contributed by atoms with E-state index in [4.69, 9.17) is 10.5 Å². The van der Waals surface area contributed by atoms with Gasteiger partial charge in [0, 0.05) is 23.7 Å². The molecule has 5 heteroatoms. The molecule has 1 saturated carbocycles. The van der Waals surface area contributed by atoms with Gasteiger partial charge in [-0.05, 0) is 30.2 Å². The number of aromatic nitrogens is 1. The van der Waals surface area contributed by atoms with Gasteiger partial charge in [-0.1, -0.05) is 6.07 Å². The number of hydrogen-bond donors (Lipinski definition) is 1. The summed E-state index contributed by atoms with van der Waals surface area (Å²) in [5.41, 5.74) is 7.91. The van der Waals surface area contributed by atoms with Gasteiger partial charge in [0.15, 0.2) is 11.6 Å². The SMILES string of the molecule is COc1cc(-c2ccc([C@@H]3C[C@H]3N)cn2)cc(F)c1F. The summed E-state index contributed by atoms with van der Waals surface area (Å²) in [5.74, 6) is -1.70. The number of nitrogens with zero attached hydrogens (tertiary/aromatic N) is 1. The lowest BCUT2D eigenvalue weighted by Crippen LogP contribution is -2.01. The van der Waals surface area contributed by atoms with Gasteiger partial charge in [0.25, 0.3) is 0 Å². The monoisotopic (exact) mass is 276 g/mol. The van der Waals surface area contributed by atoms with Crippen LogP contribution >= 0.6 is 0 Å². The minimum Gasteiger partial charge on any atom is -0.494 e. The molecule has 0 aliphatic heterocycles. The van der Waals surface area contributed by atoms with E-state index < -0.39 is 11.6 Å². The van der Waals surface area contributed by atoms with Gasteiger partial charge in [0.1, 0.15) is 0 Å². The van der Waals surface area contributed by atoms with Crippen molar-refractivity contribution >= 4 is 0 Å². The molecule has 2 aromatic rings. The van der Waals surface area contributed by atoms with Gasteiger partial charge < -0.3 is 10.5 Å². The molecule has 2 N–H and O–H groups in total. The molecule has 0 saturated heterocycles. The van der Waals surface area contributed by atoms with E-state index in [-0.39, 0.29) is 11.8 Å². The number of hydrogen-bond acceptors (Lipinski definition) is 3. The van der Waals surface area contributed by atoms with Gasteiger partial charge >= 0.3 is 0 Å². The Morgan fingerprint density at radius 2 is 2.05 bits per heavy atom. The Bertz CT molecular complexity index is 643. The first kappa shape index (κ1) is 13.0. The molecule has 0 amide bonds. The number of benzene rings is 1. The average molecular weight is 276 g/mol. The molecule has 0 radical (unpaired) electrons. The average Bonchev–Trinajstić information content (AvgIpc) is 3.19. The summed E-state index contributed by atoms with van der Waals surface area (Å²) in [5, 5.41) is 0. The summed E-state index contributed by atoms with van der Waals surface area (Å²) < 4.78 is 31.7. The van der Waals surface area contributed by atoms with Crippen molar-refractivity contribution in [2.45, 2.75) is 18.4 Å². The van der Waals surface area contributed by atoms with Crippen molar-refractivity contribution in [1.82, 2.24) is 4.98 Å². The summed E-state index contributed by atoms with van der Waals surface area (Å²) in [6.07, 6.45) is 2.71. The van der Waals surface area contributed by atoms with E-state index in [2.05, 4.69) is 4.98 Å². The predicted octanol–water partition coefficient (Wildman–Crippen LogP) is 2.85. The van der Waals surface area contributed by atoms with Gasteiger partial charge in [-0.3, -0.25) is 4.98 Å². The predicted molar refractivity (Wildman–Crippen MR) is 71.5 cm³/mol. The first-order valence-electron chi connectivity index (χ1n) is 6.35. The molecule has 3 nitrogen and oxygen atoms in total. The Kier molecular flexibility index (Phi) is 3.14. The lowest BCUT2D eigenvalue weighted by Gasteiger charge is -2.07. The molecule has 0 spiro atoms. The highest BCUT2D eigenvalue weighted by atomic mass is 19.2. The first-order chi connectivity index (χ1) is 9.60. The van der Waals surface area contributed by atoms with Crippen molar-refractivity contribution in [2.75, 3.05) is 7.11 Å². The van der Waals surface area contributed by atoms with Crippen molar-refractivity contribution in [2.24, 2.45) is 5.73 Å². The standard InChI is InChI=1S/C15H14F2N2O/c1-20-14-5-9(4-11(16)15(14)17)13-3-2-8(7-19-13)10-6-12(10)18/h2-5,7,10,12H,6,18H2,1H3/t10-,12+/m0/s1. The molecule has 20 heavy (non-hydrogen) atoms. The smallest absolute Gasteiger partial charge is 0.200 e. The highest BCUT2D eigenvalue weighted by Crippen LogP contribution is 2.39. The second-order valence-electron chi connectivity index (χ2n) is 4.96. The Morgan fingerprint density at radius 3 is 2.60 bits per heavy atom. The van der Waals surface area contributed by atoms with E-state index in [1.807, 2.05) is 6.07 Å². The number of ether oxygens (including phenoxy) is 1. The molecule has 1 aliphatic rings. The van der Waals surface area contributed by atoms with Crippen molar-refractivity contribution in [1.29, 1.82) is 0 Å². The van der Waals surface area contributed by atoms with Gasteiger partial charge in [0.05, 0.1) is 12.8 Å². The largest absolute Gasteiger partial charge is 0.494 e. The van der Waals surface area contributed by atoms with Gasteiger partial charge in [-0.2, -0.15) is 4.39 Å². The fraction of sp³-hybridized carbons (Fsp3) is 0.267. The van der Waals surface area contributed by atoms with E-state index in [0.29, 0.717) is 17.2 Å². The molecule has 1 aliphatic carbocycles. The van der Waals surface area contributed by atoms with Crippen LogP contribution in [0.5, 0.6) is 5.75 Å². The Labute approximate surface area is 115 Å². The maximum absolute atomic E-state index is 13.5. The van der Waals surface area contributed by atoms with Crippen LogP contribution in [0.25, 0.3) is 11.3 Å². The summed E-state index contributed by atoms with van der Waals surface area (Å²) in [7, 11) is 1.30. The number of halogens is 2. The zero-order chi connectivity index (χ0) is 14.3. The molecule has 0 unspecified atom stereocenters. The van der Waals surface area contributed by atoms with Crippen LogP contribution < -0.4 is 10.5 Å². The van der Waals surface area contributed by atoms with E-state index in [0.717, 1.165) is 18.1 Å². The topological polar surface area (TPSA) is 48.1 Å². The van der Waals surface area contributed by atoms with Crippen LogP contribution in [-0.2, 0) is 0 Å². The molecular weight excluding hydrogens is 262 g/mol. The van der Waals surface area contributed by atoms with Crippen LogP contribution in [0.1, 0.15) is 17.9 Å². The molecular formula is C15H14F2N2O. The van der Waals surface area contributed by atoms with Crippen LogP contribution in [0.2, 0.25) is 0 Å². The minimum absolute atomic E-state index is 0.130. The van der Waals surface area contributed by atoms with Crippen LogP contribution in [0, 0.1) is 11.6 Å². The summed E-state index contributed by atoms with van der Waals surface area (Å²) in [6.45, 7) is 0. The Balaban J connectivity index is 1.94.